The van der Waals surface area contributed by atoms with E-state index in [1.807, 2.05) is 0 Å². The standard InChI is InChI=1S/C58H44Si2/c1-59(2)53-25-15-24-47-57-46-29-27-44(51-33-42-23-14-12-21-40(42)31-49(51)38-18-9-6-10-19-38)35-55(46)60(3,4)56(57)36-52(58(47)53)45-28-26-43(34-54(45)59)50-32-41-22-13-11-20-39(41)30-48(50)37-16-7-5-8-17-37/h5-36H,1-4H3. The van der Waals surface area contributed by atoms with Gasteiger partial charge in [0.25, 0.3) is 0 Å². The van der Waals surface area contributed by atoms with Crippen LogP contribution in [-0.4, -0.2) is 16.1 Å². The summed E-state index contributed by atoms with van der Waals surface area (Å²) < 4.78 is 0. The van der Waals surface area contributed by atoms with E-state index in [0.29, 0.717) is 0 Å². The normalized spacial score (nSPS) is 14.3. The van der Waals surface area contributed by atoms with Crippen molar-refractivity contribution in [2.75, 3.05) is 0 Å². The third kappa shape index (κ3) is 5.14. The Balaban J connectivity index is 1.04. The highest BCUT2D eigenvalue weighted by atomic mass is 28.3. The lowest BCUT2D eigenvalue weighted by atomic mass is 9.88. The zero-order chi connectivity index (χ0) is 40.3. The molecule has 2 aliphatic heterocycles. The van der Waals surface area contributed by atoms with E-state index in [1.165, 1.54) is 104 Å². The third-order valence-electron chi connectivity index (χ3n) is 14.0. The second-order valence-corrected chi connectivity index (χ2v) is 26.7. The van der Waals surface area contributed by atoms with Crippen molar-refractivity contribution in [2.24, 2.45) is 0 Å². The molecular weight excluding hydrogens is 753 g/mol. The molecule has 10 aromatic rings. The minimum absolute atomic E-state index is 1.25. The molecule has 0 aromatic heterocycles. The first-order valence-corrected chi connectivity index (χ1v) is 27.3. The van der Waals surface area contributed by atoms with Crippen molar-refractivity contribution in [3.63, 3.8) is 0 Å². The van der Waals surface area contributed by atoms with Crippen molar-refractivity contribution in [3.05, 3.63) is 194 Å². The molecule has 2 heterocycles. The molecule has 0 radical (unpaired) electrons. The van der Waals surface area contributed by atoms with E-state index < -0.39 is 16.1 Å². The number of hydrogen-bond acceptors (Lipinski definition) is 0. The van der Waals surface area contributed by atoms with Gasteiger partial charge in [0.05, 0.1) is 0 Å². The van der Waals surface area contributed by atoms with E-state index in [0.717, 1.165) is 0 Å². The first kappa shape index (κ1) is 35.4. The Labute approximate surface area is 354 Å². The van der Waals surface area contributed by atoms with Gasteiger partial charge in [-0.1, -0.05) is 196 Å². The van der Waals surface area contributed by atoms with E-state index in [1.54, 1.807) is 15.6 Å². The Morgan fingerprint density at radius 3 is 1.22 bits per heavy atom. The van der Waals surface area contributed by atoms with Crippen LogP contribution in [0.5, 0.6) is 0 Å². The van der Waals surface area contributed by atoms with Crippen LogP contribution in [0, 0.1) is 0 Å². The lowest BCUT2D eigenvalue weighted by Crippen LogP contribution is -2.56. The number of hydrogen-bond donors (Lipinski definition) is 0. The maximum Gasteiger partial charge on any atom is 0.113 e. The topological polar surface area (TPSA) is 0 Å². The molecule has 10 aromatic carbocycles. The highest BCUT2D eigenvalue weighted by Gasteiger charge is 2.42. The average Bonchev–Trinajstić information content (AvgIpc) is 3.52. The van der Waals surface area contributed by atoms with Gasteiger partial charge in [-0.05, 0) is 144 Å². The molecule has 0 spiro atoms. The van der Waals surface area contributed by atoms with Crippen molar-refractivity contribution >= 4 is 69.2 Å². The zero-order valence-corrected chi connectivity index (χ0v) is 36.5. The molecular formula is C58H44Si2. The van der Waals surface area contributed by atoms with E-state index in [-0.39, 0.29) is 0 Å². The summed E-state index contributed by atoms with van der Waals surface area (Å²) in [6, 6.07) is 73.8. The Kier molecular flexibility index (Phi) is 7.64. The number of benzene rings is 10. The number of rotatable bonds is 4. The van der Waals surface area contributed by atoms with Crippen LogP contribution in [0.15, 0.2) is 194 Å². The molecule has 60 heavy (non-hydrogen) atoms. The van der Waals surface area contributed by atoms with E-state index in [2.05, 4.69) is 220 Å². The van der Waals surface area contributed by atoms with Crippen LogP contribution in [0.1, 0.15) is 0 Å². The summed E-state index contributed by atoms with van der Waals surface area (Å²) in [4.78, 5) is 0. The van der Waals surface area contributed by atoms with Gasteiger partial charge < -0.3 is 0 Å². The lowest BCUT2D eigenvalue weighted by molar-refractivity contribution is 1.59. The van der Waals surface area contributed by atoms with Crippen LogP contribution in [0.2, 0.25) is 26.2 Å². The maximum absolute atomic E-state index is 2.64. The van der Waals surface area contributed by atoms with Crippen LogP contribution >= 0.6 is 0 Å². The first-order valence-electron chi connectivity index (χ1n) is 21.3. The molecule has 0 amide bonds. The minimum Gasteiger partial charge on any atom is -0.0622 e. The third-order valence-corrected chi connectivity index (χ3v) is 21.0. The first-order chi connectivity index (χ1) is 29.3. The SMILES string of the molecule is C[Si]1(C)c2cc(-c3cc4ccccc4cc3-c3ccccc3)ccc2-c2c1cc1c3c(cccc23)[Si](C)(C)c2cc(-c3cc4ccccc4cc3-c3ccccc3)ccc2-1. The van der Waals surface area contributed by atoms with Gasteiger partial charge in [-0.15, -0.1) is 0 Å². The Morgan fingerprint density at radius 1 is 0.267 bits per heavy atom. The van der Waals surface area contributed by atoms with Crippen molar-refractivity contribution in [3.8, 4) is 66.8 Å². The molecule has 12 rings (SSSR count). The second kappa shape index (κ2) is 13.0. The molecule has 0 saturated heterocycles. The van der Waals surface area contributed by atoms with E-state index >= 15 is 0 Å². The van der Waals surface area contributed by atoms with Gasteiger partial charge in [0.1, 0.15) is 16.1 Å². The molecule has 2 aliphatic rings. The largest absolute Gasteiger partial charge is 0.113 e. The van der Waals surface area contributed by atoms with Crippen LogP contribution in [0.25, 0.3) is 99.1 Å². The predicted octanol–water partition coefficient (Wildman–Crippen LogP) is 13.4. The van der Waals surface area contributed by atoms with Gasteiger partial charge in [0.15, 0.2) is 0 Å². The fourth-order valence-corrected chi connectivity index (χ4v) is 17.1. The monoisotopic (exact) mass is 796 g/mol. The van der Waals surface area contributed by atoms with Crippen molar-refractivity contribution < 1.29 is 0 Å². The van der Waals surface area contributed by atoms with Crippen molar-refractivity contribution in [1.29, 1.82) is 0 Å². The van der Waals surface area contributed by atoms with Crippen molar-refractivity contribution in [2.45, 2.75) is 26.2 Å². The fraction of sp³-hybridized carbons (Fsp3) is 0.0690. The van der Waals surface area contributed by atoms with Gasteiger partial charge in [0, 0.05) is 0 Å². The quantitative estimate of drug-likeness (QED) is 0.156. The minimum atomic E-state index is -2.14. The molecule has 0 unspecified atom stereocenters. The molecule has 0 atom stereocenters. The maximum atomic E-state index is 2.64. The summed E-state index contributed by atoms with van der Waals surface area (Å²) >= 11 is 0. The molecule has 0 fully saturated rings. The highest BCUT2D eigenvalue weighted by Crippen LogP contribution is 2.44. The summed E-state index contributed by atoms with van der Waals surface area (Å²) in [6.07, 6.45) is 0. The molecule has 0 N–H and O–H groups in total. The van der Waals surface area contributed by atoms with Crippen LogP contribution in [-0.2, 0) is 0 Å². The average molecular weight is 797 g/mol. The van der Waals surface area contributed by atoms with Crippen LogP contribution in [0.4, 0.5) is 0 Å². The predicted molar refractivity (Wildman–Crippen MR) is 265 cm³/mol. The smallest absolute Gasteiger partial charge is 0.0622 e. The fourth-order valence-electron chi connectivity index (χ4n) is 10.9. The van der Waals surface area contributed by atoms with E-state index in [4.69, 9.17) is 0 Å². The summed E-state index contributed by atoms with van der Waals surface area (Å²) in [7, 11) is -4.27. The molecule has 0 aliphatic carbocycles. The Morgan fingerprint density at radius 2 is 0.700 bits per heavy atom. The molecule has 0 saturated carbocycles. The summed E-state index contributed by atoms with van der Waals surface area (Å²) in [6.45, 7) is 10.3. The zero-order valence-electron chi connectivity index (χ0n) is 34.5. The van der Waals surface area contributed by atoms with Crippen molar-refractivity contribution in [1.82, 2.24) is 0 Å². The molecule has 0 bridgehead atoms. The Bertz CT molecular complexity index is 3410. The van der Waals surface area contributed by atoms with Crippen LogP contribution < -0.4 is 20.7 Å². The summed E-state index contributed by atoms with van der Waals surface area (Å²) in [5.74, 6) is 0. The molecule has 2 heteroatoms. The van der Waals surface area contributed by atoms with Gasteiger partial charge in [-0.3, -0.25) is 0 Å². The molecule has 284 valence electrons. The highest BCUT2D eigenvalue weighted by molar-refractivity contribution is 7.05. The number of fused-ring (bicyclic) bond motifs is 8. The summed E-state index contributed by atoms with van der Waals surface area (Å²) in [5.41, 5.74) is 16.0. The summed E-state index contributed by atoms with van der Waals surface area (Å²) in [5, 5.41) is 14.2. The van der Waals surface area contributed by atoms with Crippen LogP contribution in [0.3, 0.4) is 0 Å². The second-order valence-electron chi connectivity index (χ2n) is 18.1. The van der Waals surface area contributed by atoms with Gasteiger partial charge in [-0.25, -0.2) is 0 Å². The van der Waals surface area contributed by atoms with Gasteiger partial charge in [0.2, 0.25) is 0 Å². The van der Waals surface area contributed by atoms with Gasteiger partial charge in [-0.2, -0.15) is 0 Å². The van der Waals surface area contributed by atoms with E-state index in [9.17, 15) is 0 Å². The van der Waals surface area contributed by atoms with Gasteiger partial charge >= 0.3 is 0 Å². The Hall–Kier alpha value is -6.59. The molecule has 0 nitrogen and oxygen atoms in total. The lowest BCUT2D eigenvalue weighted by Gasteiger charge is -2.35.